The fraction of sp³-hybridized carbons (Fsp3) is 0.160. The molecule has 0 saturated carbocycles. The first-order valence-corrected chi connectivity index (χ1v) is 12.0. The van der Waals surface area contributed by atoms with Gasteiger partial charge in [0.2, 0.25) is 5.91 Å². The molecule has 0 heterocycles. The number of carbonyl (C=O) groups excluding carboxylic acids is 3. The number of nitrogens with zero attached hydrogens (tertiary/aromatic N) is 1. The van der Waals surface area contributed by atoms with Crippen LogP contribution in [0.2, 0.25) is 0 Å². The Morgan fingerprint density at radius 3 is 1.92 bits per heavy atom. The number of benzene rings is 3. The maximum Gasteiger partial charge on any atom is 0.337 e. The van der Waals surface area contributed by atoms with Gasteiger partial charge in [-0.15, -0.1) is 0 Å². The second-order valence-electron chi connectivity index (χ2n) is 7.33. The molecule has 0 saturated heterocycles. The van der Waals surface area contributed by atoms with Crippen molar-refractivity contribution in [2.45, 2.75) is 4.90 Å². The summed E-state index contributed by atoms with van der Waals surface area (Å²) in [5, 5.41) is 2.54. The van der Waals surface area contributed by atoms with Gasteiger partial charge in [-0.2, -0.15) is 0 Å². The van der Waals surface area contributed by atoms with E-state index in [1.165, 1.54) is 57.7 Å². The number of amides is 1. The van der Waals surface area contributed by atoms with Crippen molar-refractivity contribution in [1.82, 2.24) is 0 Å². The molecule has 10 nitrogen and oxygen atoms in total. The number of esters is 2. The first-order chi connectivity index (χ1) is 17.2. The highest BCUT2D eigenvalue weighted by atomic mass is 32.2. The number of sulfonamides is 1. The molecule has 1 amide bonds. The number of methoxy groups -OCH3 is 3. The van der Waals surface area contributed by atoms with E-state index in [0.717, 1.165) is 4.31 Å². The molecule has 3 rings (SSSR count). The van der Waals surface area contributed by atoms with Gasteiger partial charge in [-0.25, -0.2) is 18.0 Å². The van der Waals surface area contributed by atoms with Crippen LogP contribution in [-0.4, -0.2) is 54.1 Å². The van der Waals surface area contributed by atoms with Crippen LogP contribution in [0.3, 0.4) is 0 Å². The van der Waals surface area contributed by atoms with Gasteiger partial charge in [0.05, 0.1) is 43.0 Å². The molecule has 3 aromatic carbocycles. The van der Waals surface area contributed by atoms with Crippen molar-refractivity contribution < 1.29 is 37.0 Å². The molecular weight excluding hydrogens is 488 g/mol. The maximum atomic E-state index is 13.5. The predicted octanol–water partition coefficient (Wildman–Crippen LogP) is 3.10. The first kappa shape index (κ1) is 26.2. The van der Waals surface area contributed by atoms with E-state index < -0.39 is 34.4 Å². The molecule has 3 aromatic rings. The van der Waals surface area contributed by atoms with Gasteiger partial charge in [-0.1, -0.05) is 30.3 Å². The second-order valence-corrected chi connectivity index (χ2v) is 9.19. The third kappa shape index (κ3) is 5.81. The van der Waals surface area contributed by atoms with Gasteiger partial charge in [0, 0.05) is 5.69 Å². The molecule has 0 aliphatic carbocycles. The summed E-state index contributed by atoms with van der Waals surface area (Å²) in [6.45, 7) is -0.631. The Kier molecular flexibility index (Phi) is 8.28. The summed E-state index contributed by atoms with van der Waals surface area (Å²) in [4.78, 5) is 37.2. The van der Waals surface area contributed by atoms with E-state index in [4.69, 9.17) is 14.2 Å². The number of carbonyl (C=O) groups is 3. The Hall–Kier alpha value is -4.38. The summed E-state index contributed by atoms with van der Waals surface area (Å²) >= 11 is 0. The Bertz CT molecular complexity index is 1340. The van der Waals surface area contributed by atoms with Crippen molar-refractivity contribution in [1.29, 1.82) is 0 Å². The Labute approximate surface area is 208 Å². The zero-order valence-corrected chi connectivity index (χ0v) is 20.6. The largest absolute Gasteiger partial charge is 0.495 e. The molecule has 188 valence electrons. The van der Waals surface area contributed by atoms with Gasteiger partial charge in [0.1, 0.15) is 12.3 Å². The summed E-state index contributed by atoms with van der Waals surface area (Å²) in [5.74, 6) is -1.97. The highest BCUT2D eigenvalue weighted by Gasteiger charge is 2.29. The normalized spacial score (nSPS) is 10.8. The third-order valence-electron chi connectivity index (χ3n) is 5.03. The SMILES string of the molecule is COC(=O)c1cc(NC(=O)CN(c2ccccc2OC)S(=O)(=O)c2ccccc2)cc(C(=O)OC)c1. The average molecular weight is 513 g/mol. The lowest BCUT2D eigenvalue weighted by atomic mass is 10.1. The lowest BCUT2D eigenvalue weighted by molar-refractivity contribution is -0.114. The molecule has 1 N–H and O–H groups in total. The molecule has 0 aliphatic rings. The smallest absolute Gasteiger partial charge is 0.337 e. The molecule has 0 fully saturated rings. The summed E-state index contributed by atoms with van der Waals surface area (Å²) < 4.78 is 42.7. The Balaban J connectivity index is 2.00. The Morgan fingerprint density at radius 2 is 1.36 bits per heavy atom. The van der Waals surface area contributed by atoms with Gasteiger partial charge in [-0.3, -0.25) is 9.10 Å². The predicted molar refractivity (Wildman–Crippen MR) is 132 cm³/mol. The minimum atomic E-state index is -4.18. The van der Waals surface area contributed by atoms with E-state index in [1.54, 1.807) is 36.4 Å². The zero-order valence-electron chi connectivity index (χ0n) is 19.8. The van der Waals surface area contributed by atoms with Crippen LogP contribution in [0.4, 0.5) is 11.4 Å². The van der Waals surface area contributed by atoms with Crippen LogP contribution in [0.1, 0.15) is 20.7 Å². The number of anilines is 2. The van der Waals surface area contributed by atoms with E-state index >= 15 is 0 Å². The molecule has 0 unspecified atom stereocenters. The molecule has 0 radical (unpaired) electrons. The summed E-state index contributed by atoms with van der Waals surface area (Å²) in [6, 6.07) is 17.9. The van der Waals surface area contributed by atoms with Crippen LogP contribution < -0.4 is 14.4 Å². The first-order valence-electron chi connectivity index (χ1n) is 10.5. The lowest BCUT2D eigenvalue weighted by Crippen LogP contribution is -2.38. The zero-order chi connectivity index (χ0) is 26.3. The van der Waals surface area contributed by atoms with Crippen molar-refractivity contribution in [3.63, 3.8) is 0 Å². The minimum Gasteiger partial charge on any atom is -0.495 e. The molecular formula is C25H24N2O8S. The second kappa shape index (κ2) is 11.4. The molecule has 0 aliphatic heterocycles. The van der Waals surface area contributed by atoms with E-state index in [-0.39, 0.29) is 33.1 Å². The number of ether oxygens (including phenoxy) is 3. The number of para-hydroxylation sites is 2. The number of rotatable bonds is 9. The van der Waals surface area contributed by atoms with Gasteiger partial charge in [-0.05, 0) is 42.5 Å². The van der Waals surface area contributed by atoms with Crippen LogP contribution in [0, 0.1) is 0 Å². The number of nitrogens with one attached hydrogen (secondary N) is 1. The van der Waals surface area contributed by atoms with Crippen LogP contribution in [0.25, 0.3) is 0 Å². The van der Waals surface area contributed by atoms with Crippen molar-refractivity contribution in [2.24, 2.45) is 0 Å². The summed E-state index contributed by atoms with van der Waals surface area (Å²) in [6.07, 6.45) is 0. The molecule has 0 bridgehead atoms. The van der Waals surface area contributed by atoms with Crippen LogP contribution in [-0.2, 0) is 24.3 Å². The topological polar surface area (TPSA) is 128 Å². The van der Waals surface area contributed by atoms with Crippen molar-refractivity contribution in [2.75, 3.05) is 37.5 Å². The van der Waals surface area contributed by atoms with E-state index in [0.29, 0.717) is 0 Å². The molecule has 11 heteroatoms. The molecule has 0 spiro atoms. The van der Waals surface area contributed by atoms with Crippen molar-refractivity contribution in [3.8, 4) is 5.75 Å². The van der Waals surface area contributed by atoms with E-state index in [9.17, 15) is 22.8 Å². The highest BCUT2D eigenvalue weighted by molar-refractivity contribution is 7.92. The van der Waals surface area contributed by atoms with Crippen LogP contribution in [0.15, 0.2) is 77.7 Å². The summed E-state index contributed by atoms with van der Waals surface area (Å²) in [7, 11) is -0.450. The summed E-state index contributed by atoms with van der Waals surface area (Å²) in [5.41, 5.74) is 0.210. The monoisotopic (exact) mass is 512 g/mol. The third-order valence-corrected chi connectivity index (χ3v) is 6.81. The molecule has 36 heavy (non-hydrogen) atoms. The van der Waals surface area contributed by atoms with Crippen LogP contribution >= 0.6 is 0 Å². The standard InChI is InChI=1S/C25H24N2O8S/c1-33-22-12-8-7-11-21(22)27(36(31,32)20-9-5-4-6-10-20)16-23(28)26-19-14-17(24(29)34-2)13-18(15-19)25(30)35-3/h4-15H,16H2,1-3H3,(H,26,28). The van der Waals surface area contributed by atoms with E-state index in [1.807, 2.05) is 0 Å². The fourth-order valence-electron chi connectivity index (χ4n) is 3.36. The average Bonchev–Trinajstić information content (AvgIpc) is 2.90. The molecule has 0 aromatic heterocycles. The number of hydrogen-bond donors (Lipinski definition) is 1. The number of hydrogen-bond acceptors (Lipinski definition) is 8. The van der Waals surface area contributed by atoms with E-state index in [2.05, 4.69) is 5.32 Å². The van der Waals surface area contributed by atoms with Gasteiger partial charge >= 0.3 is 11.9 Å². The fourth-order valence-corrected chi connectivity index (χ4v) is 4.81. The van der Waals surface area contributed by atoms with Gasteiger partial charge in [0.25, 0.3) is 10.0 Å². The van der Waals surface area contributed by atoms with Gasteiger partial charge in [0.15, 0.2) is 0 Å². The quantitative estimate of drug-likeness (QED) is 0.433. The molecule has 0 atom stereocenters. The Morgan fingerprint density at radius 1 is 0.806 bits per heavy atom. The van der Waals surface area contributed by atoms with Crippen molar-refractivity contribution in [3.05, 3.63) is 83.9 Å². The maximum absolute atomic E-state index is 13.5. The van der Waals surface area contributed by atoms with Crippen LogP contribution in [0.5, 0.6) is 5.75 Å². The lowest BCUT2D eigenvalue weighted by Gasteiger charge is -2.25. The minimum absolute atomic E-state index is 0.00538. The van der Waals surface area contributed by atoms with Crippen molar-refractivity contribution >= 4 is 39.2 Å². The van der Waals surface area contributed by atoms with Gasteiger partial charge < -0.3 is 19.5 Å². The highest BCUT2D eigenvalue weighted by Crippen LogP contribution is 2.32.